The second kappa shape index (κ2) is 4.76. The van der Waals surface area contributed by atoms with Crippen LogP contribution in [0.25, 0.3) is 22.4 Å². The first-order chi connectivity index (χ1) is 10.7. The van der Waals surface area contributed by atoms with Crippen molar-refractivity contribution >= 4 is 11.0 Å². The van der Waals surface area contributed by atoms with E-state index >= 15 is 0 Å². The smallest absolute Gasteiger partial charge is 0.184 e. The predicted octanol–water partition coefficient (Wildman–Crippen LogP) is 3.72. The fraction of sp³-hybridized carbons (Fsp3) is 0.250. The molecule has 0 atom stereocenters. The Morgan fingerprint density at radius 2 is 2.05 bits per heavy atom. The topological polar surface area (TPSA) is 39.9 Å². The number of fused-ring (bicyclic) bond motifs is 1. The van der Waals surface area contributed by atoms with Crippen molar-refractivity contribution < 1.29 is 13.5 Å². The number of nitrogens with zero attached hydrogens (tertiary/aromatic N) is 3. The van der Waals surface area contributed by atoms with Gasteiger partial charge in [0.25, 0.3) is 0 Å². The second-order valence-electron chi connectivity index (χ2n) is 5.38. The first kappa shape index (κ1) is 13.2. The number of pyridine rings is 1. The molecular weight excluding hydrogens is 288 g/mol. The highest BCUT2D eigenvalue weighted by molar-refractivity contribution is 5.81. The number of halogens is 2. The number of hydrogen-bond donors (Lipinski definition) is 0. The van der Waals surface area contributed by atoms with Crippen molar-refractivity contribution in [3.63, 3.8) is 0 Å². The van der Waals surface area contributed by atoms with Crippen molar-refractivity contribution in [1.29, 1.82) is 0 Å². The van der Waals surface area contributed by atoms with Crippen LogP contribution in [0.3, 0.4) is 0 Å². The largest absolute Gasteiger partial charge is 0.495 e. The van der Waals surface area contributed by atoms with Gasteiger partial charge in [-0.15, -0.1) is 0 Å². The highest BCUT2D eigenvalue weighted by atomic mass is 19.2. The fourth-order valence-electron chi connectivity index (χ4n) is 2.67. The third kappa shape index (κ3) is 1.94. The van der Waals surface area contributed by atoms with Gasteiger partial charge < -0.3 is 9.30 Å². The number of imidazole rings is 1. The molecule has 1 saturated carbocycles. The first-order valence-corrected chi connectivity index (χ1v) is 7.04. The van der Waals surface area contributed by atoms with E-state index in [1.165, 1.54) is 6.07 Å². The van der Waals surface area contributed by atoms with E-state index in [4.69, 9.17) is 4.74 Å². The molecule has 0 radical (unpaired) electrons. The van der Waals surface area contributed by atoms with E-state index in [0.717, 1.165) is 24.5 Å². The lowest BCUT2D eigenvalue weighted by molar-refractivity contribution is 0.413. The van der Waals surface area contributed by atoms with Gasteiger partial charge in [0.1, 0.15) is 17.1 Å². The zero-order valence-electron chi connectivity index (χ0n) is 11.9. The van der Waals surface area contributed by atoms with E-state index in [2.05, 4.69) is 9.97 Å². The third-order valence-electron chi connectivity index (χ3n) is 3.86. The van der Waals surface area contributed by atoms with Crippen LogP contribution in [0.15, 0.2) is 30.6 Å². The summed E-state index contributed by atoms with van der Waals surface area (Å²) in [5, 5.41) is 0. The molecule has 1 aromatic carbocycles. The third-order valence-corrected chi connectivity index (χ3v) is 3.86. The Kier molecular flexibility index (Phi) is 2.85. The maximum absolute atomic E-state index is 14.2. The van der Waals surface area contributed by atoms with E-state index in [9.17, 15) is 8.78 Å². The Labute approximate surface area is 125 Å². The number of methoxy groups -OCH3 is 1. The number of hydrogen-bond acceptors (Lipinski definition) is 3. The number of ether oxygens (including phenoxy) is 1. The molecule has 0 N–H and O–H groups in total. The van der Waals surface area contributed by atoms with Crippen LogP contribution in [0.4, 0.5) is 8.78 Å². The minimum Gasteiger partial charge on any atom is -0.495 e. The van der Waals surface area contributed by atoms with Crippen LogP contribution in [-0.2, 0) is 0 Å². The Bertz CT molecular complexity index is 871. The second-order valence-corrected chi connectivity index (χ2v) is 5.38. The van der Waals surface area contributed by atoms with Crippen LogP contribution in [0.5, 0.6) is 5.75 Å². The summed E-state index contributed by atoms with van der Waals surface area (Å²) in [6.45, 7) is 0. The van der Waals surface area contributed by atoms with E-state index in [1.807, 2.05) is 0 Å². The molecule has 1 aliphatic carbocycles. The molecule has 0 bridgehead atoms. The number of aromatic nitrogens is 3. The minimum atomic E-state index is -0.857. The molecule has 4 nitrogen and oxygen atoms in total. The average molecular weight is 301 g/mol. The Morgan fingerprint density at radius 1 is 1.23 bits per heavy atom. The maximum Gasteiger partial charge on any atom is 0.184 e. The van der Waals surface area contributed by atoms with E-state index < -0.39 is 11.6 Å². The Hall–Kier alpha value is -2.50. The molecular formula is C16H13F2N3O. The van der Waals surface area contributed by atoms with Crippen LogP contribution in [0.2, 0.25) is 0 Å². The standard InChI is InChI=1S/C16H13F2N3O/c1-22-11-6-9(7-19-8-11)16-20-13-5-4-12(17)14(18)15(13)21(16)10-2-3-10/h4-8,10H,2-3H2,1H3. The molecule has 3 aromatic rings. The monoisotopic (exact) mass is 301 g/mol. The molecule has 0 amide bonds. The molecule has 1 aliphatic rings. The molecule has 2 aromatic heterocycles. The van der Waals surface area contributed by atoms with Gasteiger partial charge >= 0.3 is 0 Å². The highest BCUT2D eigenvalue weighted by Gasteiger charge is 2.30. The molecule has 2 heterocycles. The zero-order chi connectivity index (χ0) is 15.3. The molecule has 0 spiro atoms. The van der Waals surface area contributed by atoms with Gasteiger partial charge in [0.15, 0.2) is 11.6 Å². The SMILES string of the molecule is COc1cncc(-c2nc3ccc(F)c(F)c3n2C2CC2)c1. The lowest BCUT2D eigenvalue weighted by atomic mass is 10.2. The normalized spacial score (nSPS) is 14.5. The fourth-order valence-corrected chi connectivity index (χ4v) is 2.67. The van der Waals surface area contributed by atoms with Crippen LogP contribution < -0.4 is 4.74 Å². The number of benzene rings is 1. The summed E-state index contributed by atoms with van der Waals surface area (Å²) in [4.78, 5) is 8.60. The lowest BCUT2D eigenvalue weighted by Crippen LogP contribution is -2.00. The Morgan fingerprint density at radius 3 is 2.77 bits per heavy atom. The summed E-state index contributed by atoms with van der Waals surface area (Å²) in [6.07, 6.45) is 5.11. The van der Waals surface area contributed by atoms with Crippen molar-refractivity contribution in [2.24, 2.45) is 0 Å². The zero-order valence-corrected chi connectivity index (χ0v) is 11.9. The van der Waals surface area contributed by atoms with Crippen molar-refractivity contribution in [1.82, 2.24) is 14.5 Å². The van der Waals surface area contributed by atoms with E-state index in [0.29, 0.717) is 17.1 Å². The summed E-state index contributed by atoms with van der Waals surface area (Å²) in [6, 6.07) is 4.56. The summed E-state index contributed by atoms with van der Waals surface area (Å²) in [7, 11) is 1.56. The van der Waals surface area contributed by atoms with Crippen LogP contribution >= 0.6 is 0 Å². The van der Waals surface area contributed by atoms with Gasteiger partial charge in [-0.3, -0.25) is 4.98 Å². The predicted molar refractivity (Wildman–Crippen MR) is 77.7 cm³/mol. The quantitative estimate of drug-likeness (QED) is 0.740. The van der Waals surface area contributed by atoms with E-state index in [-0.39, 0.29) is 11.6 Å². The van der Waals surface area contributed by atoms with Gasteiger partial charge in [0.05, 0.1) is 18.8 Å². The van der Waals surface area contributed by atoms with Gasteiger partial charge in [0.2, 0.25) is 0 Å². The molecule has 0 unspecified atom stereocenters. The molecule has 0 aliphatic heterocycles. The summed E-state index contributed by atoms with van der Waals surface area (Å²) >= 11 is 0. The van der Waals surface area contributed by atoms with Crippen LogP contribution in [-0.4, -0.2) is 21.6 Å². The maximum atomic E-state index is 14.2. The minimum absolute atomic E-state index is 0.155. The van der Waals surface area contributed by atoms with Gasteiger partial charge in [-0.1, -0.05) is 0 Å². The summed E-state index contributed by atoms with van der Waals surface area (Å²) in [5.41, 5.74) is 1.39. The van der Waals surface area contributed by atoms with Crippen molar-refractivity contribution in [3.05, 3.63) is 42.2 Å². The average Bonchev–Trinajstić information content (AvgIpc) is 3.31. The first-order valence-electron chi connectivity index (χ1n) is 7.04. The summed E-state index contributed by atoms with van der Waals surface area (Å²) < 4.78 is 34.8. The molecule has 1 fully saturated rings. The number of rotatable bonds is 3. The van der Waals surface area contributed by atoms with Crippen LogP contribution in [0.1, 0.15) is 18.9 Å². The molecule has 112 valence electrons. The Balaban J connectivity index is 2.01. The van der Waals surface area contributed by atoms with Gasteiger partial charge in [0, 0.05) is 17.8 Å². The van der Waals surface area contributed by atoms with Crippen molar-refractivity contribution in [2.45, 2.75) is 18.9 Å². The lowest BCUT2D eigenvalue weighted by Gasteiger charge is -2.09. The molecule has 4 rings (SSSR count). The van der Waals surface area contributed by atoms with Crippen LogP contribution in [0, 0.1) is 11.6 Å². The van der Waals surface area contributed by atoms with E-state index in [1.54, 1.807) is 30.1 Å². The molecule has 0 saturated heterocycles. The van der Waals surface area contributed by atoms with Crippen molar-refractivity contribution in [2.75, 3.05) is 7.11 Å². The van der Waals surface area contributed by atoms with Gasteiger partial charge in [-0.2, -0.15) is 0 Å². The highest BCUT2D eigenvalue weighted by Crippen LogP contribution is 2.42. The summed E-state index contributed by atoms with van der Waals surface area (Å²) in [5.74, 6) is -0.518. The van der Waals surface area contributed by atoms with Gasteiger partial charge in [-0.25, -0.2) is 13.8 Å². The molecule has 22 heavy (non-hydrogen) atoms. The molecule has 6 heteroatoms. The van der Waals surface area contributed by atoms with Gasteiger partial charge in [-0.05, 0) is 31.0 Å². The van der Waals surface area contributed by atoms with Crippen molar-refractivity contribution in [3.8, 4) is 17.1 Å².